The van der Waals surface area contributed by atoms with Gasteiger partial charge >= 0.3 is 18.1 Å². The fourth-order valence-corrected chi connectivity index (χ4v) is 0.976. The van der Waals surface area contributed by atoms with Crippen molar-refractivity contribution in [3.05, 3.63) is 35.9 Å². The van der Waals surface area contributed by atoms with Gasteiger partial charge in [0.05, 0.1) is 0 Å². The third-order valence-electron chi connectivity index (χ3n) is 1.76. The van der Waals surface area contributed by atoms with Gasteiger partial charge in [0.15, 0.2) is 6.10 Å². The molecular formula is C10H7F3O4. The molecule has 17 heavy (non-hydrogen) atoms. The van der Waals surface area contributed by atoms with Crippen LogP contribution in [-0.2, 0) is 14.3 Å². The molecule has 0 spiro atoms. The maximum atomic E-state index is 11.8. The third kappa shape index (κ3) is 3.56. The molecule has 0 aliphatic carbocycles. The van der Waals surface area contributed by atoms with Crippen LogP contribution >= 0.6 is 0 Å². The maximum Gasteiger partial charge on any atom is 0.491 e. The van der Waals surface area contributed by atoms with Crippen molar-refractivity contribution in [3.63, 3.8) is 0 Å². The molecule has 0 amide bonds. The second-order valence-electron chi connectivity index (χ2n) is 3.02. The minimum absolute atomic E-state index is 0.0347. The summed E-state index contributed by atoms with van der Waals surface area (Å²) in [6, 6.07) is 7.14. The molecule has 1 rings (SSSR count). The van der Waals surface area contributed by atoms with Crippen LogP contribution in [-0.4, -0.2) is 23.2 Å². The van der Waals surface area contributed by atoms with Crippen LogP contribution in [0.3, 0.4) is 0 Å². The molecule has 0 aliphatic heterocycles. The maximum absolute atomic E-state index is 11.8. The molecule has 1 aromatic rings. The molecule has 1 atom stereocenters. The van der Waals surface area contributed by atoms with E-state index >= 15 is 0 Å². The number of rotatable bonds is 2. The average Bonchev–Trinajstić information content (AvgIpc) is 2.27. The molecule has 0 saturated heterocycles. The predicted octanol–water partition coefficient (Wildman–Crippen LogP) is 1.35. The quantitative estimate of drug-likeness (QED) is 0.633. The predicted molar refractivity (Wildman–Crippen MR) is 48.6 cm³/mol. The number of hydrogen-bond acceptors (Lipinski definition) is 4. The molecule has 4 nitrogen and oxygen atoms in total. The molecule has 1 unspecified atom stereocenters. The van der Waals surface area contributed by atoms with Crippen molar-refractivity contribution in [2.45, 2.75) is 12.3 Å². The summed E-state index contributed by atoms with van der Waals surface area (Å²) in [5.41, 5.74) is 0.0347. The van der Waals surface area contributed by atoms with Crippen molar-refractivity contribution in [2.24, 2.45) is 0 Å². The lowest BCUT2D eigenvalue weighted by Crippen LogP contribution is -2.30. The van der Waals surface area contributed by atoms with Gasteiger partial charge in [-0.3, -0.25) is 0 Å². The molecule has 0 heterocycles. The second-order valence-corrected chi connectivity index (χ2v) is 3.02. The molecule has 1 aromatic carbocycles. The highest BCUT2D eigenvalue weighted by atomic mass is 19.4. The standard InChI is InChI=1S/C10H7F3O4/c11-10(12,13)9(16)17-8(15)7(14)6-4-2-1-3-5-6/h1-5,7,14H. The summed E-state index contributed by atoms with van der Waals surface area (Å²) in [4.78, 5) is 21.3. The molecule has 0 saturated carbocycles. The molecule has 0 aromatic heterocycles. The lowest BCUT2D eigenvalue weighted by molar-refractivity contribution is -0.204. The van der Waals surface area contributed by atoms with Crippen LogP contribution in [0.1, 0.15) is 11.7 Å². The summed E-state index contributed by atoms with van der Waals surface area (Å²) in [6.45, 7) is 0. The Morgan fingerprint density at radius 1 is 1.18 bits per heavy atom. The van der Waals surface area contributed by atoms with Crippen LogP contribution in [0.5, 0.6) is 0 Å². The van der Waals surface area contributed by atoms with E-state index in [0.717, 1.165) is 0 Å². The van der Waals surface area contributed by atoms with Crippen molar-refractivity contribution in [1.82, 2.24) is 0 Å². The minimum atomic E-state index is -5.27. The van der Waals surface area contributed by atoms with Crippen molar-refractivity contribution in [3.8, 4) is 0 Å². The normalized spacial score (nSPS) is 12.9. The number of hydrogen-bond donors (Lipinski definition) is 1. The first kappa shape index (κ1) is 13.2. The highest BCUT2D eigenvalue weighted by Gasteiger charge is 2.43. The highest BCUT2D eigenvalue weighted by Crippen LogP contribution is 2.19. The van der Waals surface area contributed by atoms with E-state index in [1.54, 1.807) is 6.07 Å². The zero-order valence-electron chi connectivity index (χ0n) is 8.27. The molecule has 0 fully saturated rings. The zero-order valence-corrected chi connectivity index (χ0v) is 8.27. The van der Waals surface area contributed by atoms with Crippen molar-refractivity contribution < 1.29 is 32.6 Å². The fraction of sp³-hybridized carbons (Fsp3) is 0.200. The number of halogens is 3. The van der Waals surface area contributed by atoms with Gasteiger partial charge in [-0.25, -0.2) is 9.59 Å². The Morgan fingerprint density at radius 2 is 1.71 bits per heavy atom. The summed E-state index contributed by atoms with van der Waals surface area (Å²) < 4.78 is 38.8. The summed E-state index contributed by atoms with van der Waals surface area (Å²) in [5.74, 6) is -4.32. The second kappa shape index (κ2) is 4.96. The Morgan fingerprint density at radius 3 is 2.18 bits per heavy atom. The van der Waals surface area contributed by atoms with E-state index in [9.17, 15) is 27.9 Å². The van der Waals surface area contributed by atoms with Crippen LogP contribution in [0, 0.1) is 0 Å². The van der Waals surface area contributed by atoms with Gasteiger partial charge in [-0.05, 0) is 5.56 Å². The number of aliphatic hydroxyl groups is 1. The van der Waals surface area contributed by atoms with Gasteiger partial charge in [0.1, 0.15) is 0 Å². The molecule has 7 heteroatoms. The van der Waals surface area contributed by atoms with E-state index in [1.807, 2.05) is 0 Å². The molecule has 92 valence electrons. The van der Waals surface area contributed by atoms with Gasteiger partial charge in [0.25, 0.3) is 0 Å². The Bertz CT molecular complexity index is 413. The summed E-state index contributed by atoms with van der Waals surface area (Å²) in [7, 11) is 0. The van der Waals surface area contributed by atoms with Gasteiger partial charge in [-0.2, -0.15) is 13.2 Å². The average molecular weight is 248 g/mol. The number of alkyl halides is 3. The van der Waals surface area contributed by atoms with Crippen LogP contribution < -0.4 is 0 Å². The van der Waals surface area contributed by atoms with Crippen molar-refractivity contribution in [1.29, 1.82) is 0 Å². The van der Waals surface area contributed by atoms with Gasteiger partial charge in [-0.15, -0.1) is 0 Å². The van der Waals surface area contributed by atoms with Gasteiger partial charge in [0.2, 0.25) is 0 Å². The Kier molecular flexibility index (Phi) is 3.84. The summed E-state index contributed by atoms with van der Waals surface area (Å²) >= 11 is 0. The Balaban J connectivity index is 2.69. The first-order chi connectivity index (χ1) is 7.82. The number of benzene rings is 1. The van der Waals surface area contributed by atoms with Crippen molar-refractivity contribution >= 4 is 11.9 Å². The topological polar surface area (TPSA) is 63.6 Å². The molecule has 1 N–H and O–H groups in total. The number of esters is 2. The van der Waals surface area contributed by atoms with E-state index in [-0.39, 0.29) is 5.56 Å². The van der Waals surface area contributed by atoms with Crippen LogP contribution in [0.4, 0.5) is 13.2 Å². The van der Waals surface area contributed by atoms with E-state index < -0.39 is 24.2 Å². The Labute approximate surface area is 93.6 Å². The third-order valence-corrected chi connectivity index (χ3v) is 1.76. The van der Waals surface area contributed by atoms with Gasteiger partial charge in [0, 0.05) is 0 Å². The first-order valence-electron chi connectivity index (χ1n) is 4.38. The number of ether oxygens (including phenoxy) is 1. The molecular weight excluding hydrogens is 241 g/mol. The van der Waals surface area contributed by atoms with E-state index in [1.165, 1.54) is 24.3 Å². The lowest BCUT2D eigenvalue weighted by Gasteiger charge is -2.10. The van der Waals surface area contributed by atoms with E-state index in [4.69, 9.17) is 0 Å². The van der Waals surface area contributed by atoms with Crippen LogP contribution in [0.15, 0.2) is 30.3 Å². The number of carbonyl (C=O) groups is 2. The SMILES string of the molecule is O=C(OC(=O)C(F)(F)F)C(O)c1ccccc1. The highest BCUT2D eigenvalue weighted by molar-refractivity contribution is 5.90. The van der Waals surface area contributed by atoms with Gasteiger partial charge in [-0.1, -0.05) is 30.3 Å². The number of aliphatic hydroxyl groups excluding tert-OH is 1. The molecule has 0 aliphatic rings. The summed E-state index contributed by atoms with van der Waals surface area (Å²) in [6.07, 6.45) is -7.20. The smallest absolute Gasteiger partial charge is 0.384 e. The number of carbonyl (C=O) groups excluding carboxylic acids is 2. The largest absolute Gasteiger partial charge is 0.491 e. The van der Waals surface area contributed by atoms with Crippen molar-refractivity contribution in [2.75, 3.05) is 0 Å². The van der Waals surface area contributed by atoms with Crippen LogP contribution in [0.2, 0.25) is 0 Å². The lowest BCUT2D eigenvalue weighted by atomic mass is 10.1. The van der Waals surface area contributed by atoms with Gasteiger partial charge < -0.3 is 9.84 Å². The monoisotopic (exact) mass is 248 g/mol. The fourth-order valence-electron chi connectivity index (χ4n) is 0.976. The van der Waals surface area contributed by atoms with E-state index in [0.29, 0.717) is 0 Å². The molecule has 0 bridgehead atoms. The zero-order chi connectivity index (χ0) is 13.1. The van der Waals surface area contributed by atoms with Crippen LogP contribution in [0.25, 0.3) is 0 Å². The molecule has 0 radical (unpaired) electrons. The minimum Gasteiger partial charge on any atom is -0.384 e. The summed E-state index contributed by atoms with van der Waals surface area (Å²) in [5, 5.41) is 9.31. The first-order valence-corrected chi connectivity index (χ1v) is 4.38. The Hall–Kier alpha value is -1.89. The van der Waals surface area contributed by atoms with E-state index in [2.05, 4.69) is 4.74 Å².